The normalized spacial score (nSPS) is 27.1. The summed E-state index contributed by atoms with van der Waals surface area (Å²) in [6, 6.07) is 4.06. The number of aromatic nitrogens is 2. The second-order valence-electron chi connectivity index (χ2n) is 6.86. The minimum atomic E-state index is 0.272. The first-order chi connectivity index (χ1) is 10.8. The highest BCUT2D eigenvalue weighted by molar-refractivity contribution is 5.39. The Morgan fingerprint density at radius 2 is 1.77 bits per heavy atom. The molecule has 2 saturated heterocycles. The van der Waals surface area contributed by atoms with Gasteiger partial charge in [0.25, 0.3) is 0 Å². The van der Waals surface area contributed by atoms with E-state index in [0.29, 0.717) is 11.8 Å². The van der Waals surface area contributed by atoms with Crippen molar-refractivity contribution in [2.45, 2.75) is 32.6 Å². The molecule has 2 unspecified atom stereocenters. The lowest BCUT2D eigenvalue weighted by atomic mass is 9.96. The third-order valence-electron chi connectivity index (χ3n) is 5.11. The number of rotatable bonds is 4. The smallest absolute Gasteiger partial charge is 0.151 e. The molecule has 2 aliphatic rings. The van der Waals surface area contributed by atoms with Crippen molar-refractivity contribution in [2.24, 2.45) is 11.8 Å². The van der Waals surface area contributed by atoms with E-state index >= 15 is 0 Å². The van der Waals surface area contributed by atoms with Crippen molar-refractivity contribution in [2.75, 3.05) is 44.2 Å². The summed E-state index contributed by atoms with van der Waals surface area (Å²) in [6.45, 7) is 7.67. The number of aliphatic hydroxyl groups is 1. The molecule has 0 spiro atoms. The third-order valence-corrected chi connectivity index (χ3v) is 5.11. The largest absolute Gasteiger partial charge is 0.396 e. The van der Waals surface area contributed by atoms with Crippen LogP contribution in [0.15, 0.2) is 12.1 Å². The highest BCUT2D eigenvalue weighted by atomic mass is 16.3. The van der Waals surface area contributed by atoms with Crippen LogP contribution in [0.25, 0.3) is 0 Å². The maximum atomic E-state index is 9.75. The molecule has 2 aliphatic heterocycles. The number of likely N-dealkylation sites (tertiary alicyclic amines) is 1. The van der Waals surface area contributed by atoms with Gasteiger partial charge in [0.1, 0.15) is 0 Å². The number of hydrogen-bond donors (Lipinski definition) is 1. The van der Waals surface area contributed by atoms with Gasteiger partial charge in [0.15, 0.2) is 5.82 Å². The topological polar surface area (TPSA) is 52.5 Å². The van der Waals surface area contributed by atoms with E-state index in [9.17, 15) is 5.11 Å². The first-order valence-electron chi connectivity index (χ1n) is 8.65. The van der Waals surface area contributed by atoms with Crippen LogP contribution < -0.4 is 4.90 Å². The zero-order valence-electron chi connectivity index (χ0n) is 13.6. The van der Waals surface area contributed by atoms with E-state index in [1.54, 1.807) is 0 Å². The monoisotopic (exact) mass is 304 g/mol. The number of anilines is 1. The van der Waals surface area contributed by atoms with Crippen LogP contribution in [0.4, 0.5) is 5.82 Å². The molecule has 1 N–H and O–H groups in total. The second kappa shape index (κ2) is 7.38. The van der Waals surface area contributed by atoms with E-state index in [1.807, 2.05) is 19.1 Å². The Bertz CT molecular complexity index is 456. The van der Waals surface area contributed by atoms with Gasteiger partial charge >= 0.3 is 0 Å². The predicted molar refractivity (Wildman–Crippen MR) is 88.0 cm³/mol. The summed E-state index contributed by atoms with van der Waals surface area (Å²) in [5.74, 6) is 1.83. The third kappa shape index (κ3) is 3.76. The van der Waals surface area contributed by atoms with Crippen molar-refractivity contribution >= 4 is 5.82 Å². The maximum Gasteiger partial charge on any atom is 0.151 e. The molecular formula is C17H28N4O. The Labute approximate surface area is 133 Å². The van der Waals surface area contributed by atoms with Crippen LogP contribution in [-0.2, 0) is 0 Å². The van der Waals surface area contributed by atoms with Crippen molar-refractivity contribution in [1.82, 2.24) is 15.1 Å². The standard InChI is InChI=1S/C17H28N4O/c1-14-6-7-17(19-18-14)21-11-15(16(12-21)13-22)10-20-8-4-2-3-5-9-20/h6-7,15-16,22H,2-5,8-13H2,1H3. The van der Waals surface area contributed by atoms with Gasteiger partial charge in [-0.3, -0.25) is 0 Å². The average Bonchev–Trinajstić information content (AvgIpc) is 2.75. The summed E-state index contributed by atoms with van der Waals surface area (Å²) >= 11 is 0. The van der Waals surface area contributed by atoms with Crippen LogP contribution in [0, 0.1) is 18.8 Å². The van der Waals surface area contributed by atoms with Crippen LogP contribution in [0.3, 0.4) is 0 Å². The molecule has 5 heteroatoms. The minimum Gasteiger partial charge on any atom is -0.396 e. The van der Waals surface area contributed by atoms with Crippen LogP contribution in [-0.4, -0.2) is 59.5 Å². The molecule has 0 aromatic carbocycles. The van der Waals surface area contributed by atoms with Crippen molar-refractivity contribution in [3.05, 3.63) is 17.8 Å². The molecular weight excluding hydrogens is 276 g/mol. The van der Waals surface area contributed by atoms with Crippen molar-refractivity contribution < 1.29 is 5.11 Å². The number of aliphatic hydroxyl groups excluding tert-OH is 1. The lowest BCUT2D eigenvalue weighted by Gasteiger charge is -2.26. The summed E-state index contributed by atoms with van der Waals surface area (Å²) in [6.07, 6.45) is 5.39. The Morgan fingerprint density at radius 3 is 2.41 bits per heavy atom. The Morgan fingerprint density at radius 1 is 1.05 bits per heavy atom. The predicted octanol–water partition coefficient (Wildman–Crippen LogP) is 1.71. The van der Waals surface area contributed by atoms with Crippen LogP contribution in [0.5, 0.6) is 0 Å². The molecule has 1 aromatic rings. The molecule has 1 aromatic heterocycles. The van der Waals surface area contributed by atoms with Gasteiger partial charge in [-0.15, -0.1) is 5.10 Å². The first-order valence-corrected chi connectivity index (χ1v) is 8.65. The molecule has 2 fully saturated rings. The van der Waals surface area contributed by atoms with E-state index in [1.165, 1.54) is 38.8 Å². The molecule has 2 atom stereocenters. The highest BCUT2D eigenvalue weighted by Crippen LogP contribution is 2.28. The van der Waals surface area contributed by atoms with Crippen molar-refractivity contribution in [3.8, 4) is 0 Å². The fraction of sp³-hybridized carbons (Fsp3) is 0.765. The molecule has 0 radical (unpaired) electrons. The van der Waals surface area contributed by atoms with E-state index < -0.39 is 0 Å². The van der Waals surface area contributed by atoms with Gasteiger partial charge in [-0.1, -0.05) is 12.8 Å². The number of hydrogen-bond acceptors (Lipinski definition) is 5. The molecule has 3 heterocycles. The molecule has 3 rings (SSSR count). The molecule has 22 heavy (non-hydrogen) atoms. The van der Waals surface area contributed by atoms with Crippen LogP contribution >= 0.6 is 0 Å². The summed E-state index contributed by atoms with van der Waals surface area (Å²) in [4.78, 5) is 4.89. The van der Waals surface area contributed by atoms with Crippen molar-refractivity contribution in [1.29, 1.82) is 0 Å². The first kappa shape index (κ1) is 15.7. The van der Waals surface area contributed by atoms with E-state index in [-0.39, 0.29) is 6.61 Å². The number of aryl methyl sites for hydroxylation is 1. The van der Waals surface area contributed by atoms with Gasteiger partial charge < -0.3 is 14.9 Å². The van der Waals surface area contributed by atoms with Gasteiger partial charge in [-0.25, -0.2) is 0 Å². The molecule has 0 aliphatic carbocycles. The van der Waals surface area contributed by atoms with Gasteiger partial charge in [0.2, 0.25) is 0 Å². The zero-order valence-corrected chi connectivity index (χ0v) is 13.6. The zero-order chi connectivity index (χ0) is 15.4. The van der Waals surface area contributed by atoms with Gasteiger partial charge in [-0.2, -0.15) is 5.10 Å². The van der Waals surface area contributed by atoms with Crippen LogP contribution in [0.1, 0.15) is 31.4 Å². The maximum absolute atomic E-state index is 9.75. The van der Waals surface area contributed by atoms with Crippen molar-refractivity contribution in [3.63, 3.8) is 0 Å². The van der Waals surface area contributed by atoms with Gasteiger partial charge in [0, 0.05) is 32.2 Å². The molecule has 122 valence electrons. The van der Waals surface area contributed by atoms with Gasteiger partial charge in [-0.05, 0) is 50.9 Å². The molecule has 5 nitrogen and oxygen atoms in total. The van der Waals surface area contributed by atoms with E-state index in [0.717, 1.165) is 31.1 Å². The summed E-state index contributed by atoms with van der Waals surface area (Å²) in [5.41, 5.74) is 0.947. The lowest BCUT2D eigenvalue weighted by molar-refractivity contribution is 0.165. The minimum absolute atomic E-state index is 0.272. The molecule has 0 bridgehead atoms. The fourth-order valence-electron chi connectivity index (χ4n) is 3.75. The number of nitrogens with zero attached hydrogens (tertiary/aromatic N) is 4. The van der Waals surface area contributed by atoms with E-state index in [4.69, 9.17) is 0 Å². The Balaban J connectivity index is 1.62. The van der Waals surface area contributed by atoms with E-state index in [2.05, 4.69) is 20.0 Å². The molecule has 0 saturated carbocycles. The van der Waals surface area contributed by atoms with Gasteiger partial charge in [0.05, 0.1) is 5.69 Å². The lowest BCUT2D eigenvalue weighted by Crippen LogP contribution is -2.34. The Kier molecular flexibility index (Phi) is 5.26. The Hall–Kier alpha value is -1.20. The highest BCUT2D eigenvalue weighted by Gasteiger charge is 2.34. The summed E-state index contributed by atoms with van der Waals surface area (Å²) in [5, 5.41) is 18.2. The average molecular weight is 304 g/mol. The summed E-state index contributed by atoms with van der Waals surface area (Å²) in [7, 11) is 0. The fourth-order valence-corrected chi connectivity index (χ4v) is 3.75. The quantitative estimate of drug-likeness (QED) is 0.917. The summed E-state index contributed by atoms with van der Waals surface area (Å²) < 4.78 is 0. The SMILES string of the molecule is Cc1ccc(N2CC(CO)C(CN3CCCCCC3)C2)nn1. The molecule has 0 amide bonds. The second-order valence-corrected chi connectivity index (χ2v) is 6.86. The van der Waals surface area contributed by atoms with Crippen LogP contribution in [0.2, 0.25) is 0 Å².